The Morgan fingerprint density at radius 2 is 1.73 bits per heavy atom. The van der Waals surface area contributed by atoms with E-state index in [0.29, 0.717) is 37.3 Å². The number of hydrogen-bond acceptors (Lipinski definition) is 6. The molecule has 1 aromatic carbocycles. The fourth-order valence-electron chi connectivity index (χ4n) is 3.86. The summed E-state index contributed by atoms with van der Waals surface area (Å²) in [5.74, 6) is -0.935. The molecule has 0 bridgehead atoms. The van der Waals surface area contributed by atoms with E-state index in [-0.39, 0.29) is 6.04 Å². The maximum Gasteiger partial charge on any atom is 0.334 e. The van der Waals surface area contributed by atoms with E-state index in [0.717, 1.165) is 28.2 Å². The van der Waals surface area contributed by atoms with Crippen LogP contribution in [0.2, 0.25) is 0 Å². The molecule has 0 N–H and O–H groups in total. The Morgan fingerprint density at radius 3 is 2.37 bits per heavy atom. The maximum absolute atomic E-state index is 12.6. The van der Waals surface area contributed by atoms with Crippen LogP contribution in [-0.4, -0.2) is 78.9 Å². The van der Waals surface area contributed by atoms with E-state index in [4.69, 9.17) is 9.47 Å². The number of nitrogens with zero attached hydrogens (tertiary/aromatic N) is 3. The van der Waals surface area contributed by atoms with Crippen LogP contribution in [0.25, 0.3) is 0 Å². The molecule has 1 aromatic rings. The average molecular weight is 417 g/mol. The van der Waals surface area contributed by atoms with Gasteiger partial charge in [0.25, 0.3) is 0 Å². The quantitative estimate of drug-likeness (QED) is 0.469. The van der Waals surface area contributed by atoms with Crippen LogP contribution in [-0.2, 0) is 20.8 Å². The van der Waals surface area contributed by atoms with E-state index < -0.39 is 30.3 Å². The van der Waals surface area contributed by atoms with Crippen LogP contribution in [0, 0.1) is 0 Å². The Kier molecular flexibility index (Phi) is 6.59. The molecule has 1 saturated carbocycles. The van der Waals surface area contributed by atoms with E-state index in [2.05, 4.69) is 0 Å². The highest BCUT2D eigenvalue weighted by molar-refractivity contribution is 6.45. The normalized spacial score (nSPS) is 17.1. The third-order valence-corrected chi connectivity index (χ3v) is 5.68. The van der Waals surface area contributed by atoms with Crippen molar-refractivity contribution in [2.24, 2.45) is 0 Å². The summed E-state index contributed by atoms with van der Waals surface area (Å²) in [6.07, 6.45) is 3.81. The lowest BCUT2D eigenvalue weighted by molar-refractivity contribution is -0.145. The number of rotatable bonds is 8. The molecule has 0 radical (unpaired) electrons. The molecular formula is C21H27N3O6. The minimum atomic E-state index is -0.923. The van der Waals surface area contributed by atoms with Gasteiger partial charge in [0.2, 0.25) is 5.91 Å². The first-order valence-corrected chi connectivity index (χ1v) is 10.0. The van der Waals surface area contributed by atoms with Gasteiger partial charge in [-0.3, -0.25) is 19.3 Å². The standard InChI is InChI=1S/C21H27N3O6/c1-22(11-10-14-8-9-16(29-2)17(12-14)30-3)18(25)13-23-19(26)20(27)24(21(23)28)15-6-4-5-7-15/h8-9,12,15H,4-7,10-11,13H2,1-3H3. The number of amides is 5. The molecule has 162 valence electrons. The fourth-order valence-corrected chi connectivity index (χ4v) is 3.86. The van der Waals surface area contributed by atoms with Gasteiger partial charge in [0.15, 0.2) is 11.5 Å². The lowest BCUT2D eigenvalue weighted by atomic mass is 10.1. The third kappa shape index (κ3) is 4.24. The molecule has 1 aliphatic carbocycles. The minimum absolute atomic E-state index is 0.239. The second-order valence-electron chi connectivity index (χ2n) is 7.54. The Bertz CT molecular complexity index is 849. The Labute approximate surface area is 175 Å². The maximum atomic E-state index is 12.6. The lowest BCUT2D eigenvalue weighted by Gasteiger charge is -2.22. The largest absolute Gasteiger partial charge is 0.493 e. The van der Waals surface area contributed by atoms with E-state index in [9.17, 15) is 19.2 Å². The molecule has 0 spiro atoms. The first-order valence-electron chi connectivity index (χ1n) is 10.0. The zero-order chi connectivity index (χ0) is 21.8. The SMILES string of the molecule is COc1ccc(CCN(C)C(=O)CN2C(=O)C(=O)N(C3CCCC3)C2=O)cc1OC. The topological polar surface area (TPSA) is 96.5 Å². The zero-order valence-corrected chi connectivity index (χ0v) is 17.6. The number of urea groups is 1. The van der Waals surface area contributed by atoms with Crippen molar-refractivity contribution in [1.82, 2.24) is 14.7 Å². The second-order valence-corrected chi connectivity index (χ2v) is 7.54. The van der Waals surface area contributed by atoms with E-state index in [1.807, 2.05) is 12.1 Å². The van der Waals surface area contributed by atoms with Crippen LogP contribution in [0.15, 0.2) is 18.2 Å². The van der Waals surface area contributed by atoms with E-state index >= 15 is 0 Å². The Morgan fingerprint density at radius 1 is 1.07 bits per heavy atom. The summed E-state index contributed by atoms with van der Waals surface area (Å²) in [5, 5.41) is 0. The molecule has 1 aliphatic heterocycles. The van der Waals surface area contributed by atoms with Gasteiger partial charge in [-0.2, -0.15) is 0 Å². The van der Waals surface area contributed by atoms with Crippen LogP contribution in [0.3, 0.4) is 0 Å². The molecular weight excluding hydrogens is 390 g/mol. The van der Waals surface area contributed by atoms with Gasteiger partial charge in [0, 0.05) is 19.6 Å². The van der Waals surface area contributed by atoms with Gasteiger partial charge in [0.1, 0.15) is 6.54 Å². The summed E-state index contributed by atoms with van der Waals surface area (Å²) in [4.78, 5) is 52.9. The number of methoxy groups -OCH3 is 2. The summed E-state index contributed by atoms with van der Waals surface area (Å²) in [5.41, 5.74) is 0.947. The molecule has 2 aliphatic rings. The first-order chi connectivity index (χ1) is 14.4. The number of ether oxygens (including phenoxy) is 2. The summed E-state index contributed by atoms with van der Waals surface area (Å²) in [6.45, 7) is -0.0557. The third-order valence-electron chi connectivity index (χ3n) is 5.68. The average Bonchev–Trinajstić information content (AvgIpc) is 3.34. The van der Waals surface area contributed by atoms with Crippen molar-refractivity contribution < 1.29 is 28.7 Å². The van der Waals surface area contributed by atoms with Gasteiger partial charge in [0.05, 0.1) is 14.2 Å². The predicted molar refractivity (Wildman–Crippen MR) is 107 cm³/mol. The van der Waals surface area contributed by atoms with Gasteiger partial charge in [-0.1, -0.05) is 18.9 Å². The summed E-state index contributed by atoms with van der Waals surface area (Å²) < 4.78 is 10.5. The van der Waals surface area contributed by atoms with Gasteiger partial charge in [-0.05, 0) is 37.0 Å². The van der Waals surface area contributed by atoms with E-state index in [1.165, 1.54) is 4.90 Å². The number of imide groups is 2. The summed E-state index contributed by atoms with van der Waals surface area (Å²) >= 11 is 0. The highest BCUT2D eigenvalue weighted by atomic mass is 16.5. The molecule has 1 heterocycles. The number of benzene rings is 1. The fraction of sp³-hybridized carbons (Fsp3) is 0.524. The Hall–Kier alpha value is -3.10. The van der Waals surface area contributed by atoms with Crippen molar-refractivity contribution in [1.29, 1.82) is 0 Å². The highest BCUT2D eigenvalue weighted by Crippen LogP contribution is 2.28. The van der Waals surface area contributed by atoms with Gasteiger partial charge in [-0.15, -0.1) is 0 Å². The van der Waals surface area contributed by atoms with Crippen molar-refractivity contribution in [3.05, 3.63) is 23.8 Å². The van der Waals surface area contributed by atoms with Crippen LogP contribution in [0.5, 0.6) is 11.5 Å². The van der Waals surface area contributed by atoms with Crippen molar-refractivity contribution in [3.63, 3.8) is 0 Å². The molecule has 0 aromatic heterocycles. The molecule has 30 heavy (non-hydrogen) atoms. The van der Waals surface area contributed by atoms with Gasteiger partial charge in [-0.25, -0.2) is 9.69 Å². The number of likely N-dealkylation sites (N-methyl/N-ethyl adjacent to an activating group) is 1. The van der Waals surface area contributed by atoms with Crippen molar-refractivity contribution in [2.45, 2.75) is 38.1 Å². The lowest BCUT2D eigenvalue weighted by Crippen LogP contribution is -2.44. The number of carbonyl (C=O) groups is 4. The molecule has 5 amide bonds. The van der Waals surface area contributed by atoms with Crippen LogP contribution in [0.1, 0.15) is 31.2 Å². The van der Waals surface area contributed by atoms with Gasteiger partial charge >= 0.3 is 17.8 Å². The van der Waals surface area contributed by atoms with Crippen LogP contribution >= 0.6 is 0 Å². The number of hydrogen-bond donors (Lipinski definition) is 0. The molecule has 1 saturated heterocycles. The first kappa shape index (κ1) is 21.6. The monoisotopic (exact) mass is 417 g/mol. The molecule has 3 rings (SSSR count). The van der Waals surface area contributed by atoms with Crippen LogP contribution in [0.4, 0.5) is 4.79 Å². The smallest absolute Gasteiger partial charge is 0.334 e. The van der Waals surface area contributed by atoms with Crippen molar-refractivity contribution >= 4 is 23.8 Å². The number of carbonyl (C=O) groups excluding carboxylic acids is 4. The van der Waals surface area contributed by atoms with E-state index in [1.54, 1.807) is 27.3 Å². The molecule has 0 atom stereocenters. The zero-order valence-electron chi connectivity index (χ0n) is 17.6. The summed E-state index contributed by atoms with van der Waals surface area (Å²) in [6, 6.07) is 4.59. The highest BCUT2D eigenvalue weighted by Gasteiger charge is 2.48. The molecule has 9 heteroatoms. The molecule has 9 nitrogen and oxygen atoms in total. The predicted octanol–water partition coefficient (Wildman–Crippen LogP) is 1.44. The molecule has 2 fully saturated rings. The second kappa shape index (κ2) is 9.15. The Balaban J connectivity index is 1.58. The van der Waals surface area contributed by atoms with Crippen molar-refractivity contribution in [2.75, 3.05) is 34.4 Å². The van der Waals surface area contributed by atoms with Crippen LogP contribution < -0.4 is 9.47 Å². The van der Waals surface area contributed by atoms with Crippen molar-refractivity contribution in [3.8, 4) is 11.5 Å². The summed E-state index contributed by atoms with van der Waals surface area (Å²) in [7, 11) is 4.71. The molecule has 0 unspecified atom stereocenters. The minimum Gasteiger partial charge on any atom is -0.493 e. The van der Waals surface area contributed by atoms with Gasteiger partial charge < -0.3 is 14.4 Å².